The highest BCUT2D eigenvalue weighted by Crippen LogP contribution is 2.38. The van der Waals surface area contributed by atoms with E-state index in [2.05, 4.69) is 0 Å². The van der Waals surface area contributed by atoms with Gasteiger partial charge in [-0.2, -0.15) is 0 Å². The Hall–Kier alpha value is 0.240. The van der Waals surface area contributed by atoms with Crippen LogP contribution in [0.1, 0.15) is 44.9 Å². The molecule has 4 heteroatoms. The van der Waals surface area contributed by atoms with Crippen molar-refractivity contribution in [1.29, 1.82) is 0 Å². The summed E-state index contributed by atoms with van der Waals surface area (Å²) in [6.07, 6.45) is 8.65. The molecule has 0 bridgehead atoms. The summed E-state index contributed by atoms with van der Waals surface area (Å²) in [5.41, 5.74) is 0. The number of alkyl halides is 1. The molecular formula is C13H23ClO2S. The van der Waals surface area contributed by atoms with Crippen molar-refractivity contribution in [2.75, 3.05) is 17.4 Å². The van der Waals surface area contributed by atoms with Gasteiger partial charge >= 0.3 is 0 Å². The van der Waals surface area contributed by atoms with Crippen molar-refractivity contribution in [3.05, 3.63) is 0 Å². The zero-order valence-electron chi connectivity index (χ0n) is 10.4. The molecule has 100 valence electrons. The average molecular weight is 279 g/mol. The van der Waals surface area contributed by atoms with Gasteiger partial charge in [0.2, 0.25) is 0 Å². The van der Waals surface area contributed by atoms with Crippen LogP contribution in [0.15, 0.2) is 0 Å². The molecule has 2 unspecified atom stereocenters. The highest BCUT2D eigenvalue weighted by atomic mass is 35.5. The van der Waals surface area contributed by atoms with Crippen LogP contribution >= 0.6 is 11.6 Å². The van der Waals surface area contributed by atoms with E-state index in [-0.39, 0.29) is 0 Å². The van der Waals surface area contributed by atoms with Crippen molar-refractivity contribution >= 4 is 21.4 Å². The summed E-state index contributed by atoms with van der Waals surface area (Å²) in [6.45, 7) is 0. The SMILES string of the molecule is O=S1(=O)CCC(C(CCl)C2CCCCCC2)C1. The molecule has 1 aliphatic heterocycles. The van der Waals surface area contributed by atoms with Crippen molar-refractivity contribution in [2.45, 2.75) is 44.9 Å². The van der Waals surface area contributed by atoms with Crippen LogP contribution in [0.2, 0.25) is 0 Å². The fraction of sp³-hybridized carbons (Fsp3) is 1.00. The van der Waals surface area contributed by atoms with Gasteiger partial charge in [0.05, 0.1) is 11.5 Å². The van der Waals surface area contributed by atoms with E-state index in [0.29, 0.717) is 35.1 Å². The minimum Gasteiger partial charge on any atom is -0.229 e. The minimum atomic E-state index is -2.76. The van der Waals surface area contributed by atoms with E-state index in [1.165, 1.54) is 38.5 Å². The van der Waals surface area contributed by atoms with Crippen LogP contribution < -0.4 is 0 Å². The van der Waals surface area contributed by atoms with Crippen LogP contribution in [0, 0.1) is 17.8 Å². The Morgan fingerprint density at radius 2 is 1.65 bits per heavy atom. The molecule has 2 nitrogen and oxygen atoms in total. The van der Waals surface area contributed by atoms with Crippen molar-refractivity contribution in [2.24, 2.45) is 17.8 Å². The van der Waals surface area contributed by atoms with Crippen molar-refractivity contribution in [3.63, 3.8) is 0 Å². The molecule has 0 amide bonds. The third kappa shape index (κ3) is 3.60. The van der Waals surface area contributed by atoms with Gasteiger partial charge in [0.15, 0.2) is 9.84 Å². The van der Waals surface area contributed by atoms with Gasteiger partial charge in [-0.15, -0.1) is 11.6 Å². The van der Waals surface area contributed by atoms with E-state index >= 15 is 0 Å². The molecule has 2 fully saturated rings. The molecule has 1 heterocycles. The Kier molecular flexibility index (Phi) is 4.76. The Balaban J connectivity index is 2.00. The summed E-state index contributed by atoms with van der Waals surface area (Å²) in [7, 11) is -2.76. The van der Waals surface area contributed by atoms with Gasteiger partial charge in [-0.3, -0.25) is 0 Å². The Bertz CT molecular complexity index is 331. The molecular weight excluding hydrogens is 256 g/mol. The van der Waals surface area contributed by atoms with Crippen molar-refractivity contribution < 1.29 is 8.42 Å². The molecule has 1 aliphatic carbocycles. The van der Waals surface area contributed by atoms with Crippen LogP contribution in [0.3, 0.4) is 0 Å². The minimum absolute atomic E-state index is 0.334. The second-order valence-electron chi connectivity index (χ2n) is 5.73. The number of hydrogen-bond donors (Lipinski definition) is 0. The van der Waals surface area contributed by atoms with Gasteiger partial charge in [-0.25, -0.2) is 8.42 Å². The lowest BCUT2D eigenvalue weighted by atomic mass is 9.78. The molecule has 0 N–H and O–H groups in total. The van der Waals surface area contributed by atoms with E-state index in [9.17, 15) is 8.42 Å². The molecule has 2 aliphatic rings. The summed E-state index contributed by atoms with van der Waals surface area (Å²) in [6, 6.07) is 0. The third-order valence-corrected chi connectivity index (χ3v) is 6.71. The van der Waals surface area contributed by atoms with Gasteiger partial charge in [-0.05, 0) is 24.2 Å². The molecule has 1 saturated heterocycles. The average Bonchev–Trinajstić information content (AvgIpc) is 2.53. The Morgan fingerprint density at radius 3 is 2.12 bits per heavy atom. The fourth-order valence-electron chi connectivity index (χ4n) is 3.54. The first-order chi connectivity index (χ1) is 8.12. The Morgan fingerprint density at radius 1 is 1.00 bits per heavy atom. The quantitative estimate of drug-likeness (QED) is 0.587. The summed E-state index contributed by atoms with van der Waals surface area (Å²) in [5, 5.41) is 0. The van der Waals surface area contributed by atoms with E-state index in [1.54, 1.807) is 0 Å². The lowest BCUT2D eigenvalue weighted by Gasteiger charge is -2.28. The van der Waals surface area contributed by atoms with E-state index in [0.717, 1.165) is 6.42 Å². The number of hydrogen-bond acceptors (Lipinski definition) is 2. The van der Waals surface area contributed by atoms with Crippen molar-refractivity contribution in [3.8, 4) is 0 Å². The highest BCUT2D eigenvalue weighted by molar-refractivity contribution is 7.91. The first kappa shape index (κ1) is 13.7. The third-order valence-electron chi connectivity index (χ3n) is 4.56. The highest BCUT2D eigenvalue weighted by Gasteiger charge is 2.36. The largest absolute Gasteiger partial charge is 0.229 e. The van der Waals surface area contributed by atoms with Gasteiger partial charge in [-0.1, -0.05) is 38.5 Å². The van der Waals surface area contributed by atoms with Crippen LogP contribution in [0.5, 0.6) is 0 Å². The maximum atomic E-state index is 11.6. The van der Waals surface area contributed by atoms with E-state index in [4.69, 9.17) is 11.6 Å². The van der Waals surface area contributed by atoms with Gasteiger partial charge < -0.3 is 0 Å². The molecule has 0 spiro atoms. The maximum absolute atomic E-state index is 11.6. The molecule has 0 radical (unpaired) electrons. The summed E-state index contributed by atoms with van der Waals surface area (Å²) in [5.74, 6) is 2.87. The van der Waals surface area contributed by atoms with Crippen LogP contribution in [0.25, 0.3) is 0 Å². The first-order valence-corrected chi connectivity index (χ1v) is 9.24. The summed E-state index contributed by atoms with van der Waals surface area (Å²) in [4.78, 5) is 0. The molecule has 2 rings (SSSR count). The van der Waals surface area contributed by atoms with Crippen LogP contribution in [-0.2, 0) is 9.84 Å². The van der Waals surface area contributed by atoms with Gasteiger partial charge in [0.1, 0.15) is 0 Å². The van der Waals surface area contributed by atoms with Crippen LogP contribution in [0.4, 0.5) is 0 Å². The van der Waals surface area contributed by atoms with Crippen molar-refractivity contribution in [1.82, 2.24) is 0 Å². The molecule has 0 aromatic heterocycles. The topological polar surface area (TPSA) is 34.1 Å². The number of sulfone groups is 1. The molecule has 2 atom stereocenters. The zero-order chi connectivity index (χ0) is 12.3. The smallest absolute Gasteiger partial charge is 0.150 e. The van der Waals surface area contributed by atoms with E-state index in [1.807, 2.05) is 0 Å². The predicted molar refractivity (Wildman–Crippen MR) is 72.2 cm³/mol. The Labute approximate surface area is 110 Å². The molecule has 0 aromatic carbocycles. The maximum Gasteiger partial charge on any atom is 0.150 e. The molecule has 1 saturated carbocycles. The predicted octanol–water partition coefficient (Wildman–Crippen LogP) is 3.25. The van der Waals surface area contributed by atoms with E-state index < -0.39 is 9.84 Å². The second kappa shape index (κ2) is 5.92. The molecule has 17 heavy (non-hydrogen) atoms. The van der Waals surface area contributed by atoms with Gasteiger partial charge in [0, 0.05) is 5.88 Å². The number of halogens is 1. The first-order valence-electron chi connectivity index (χ1n) is 6.89. The lowest BCUT2D eigenvalue weighted by Crippen LogP contribution is -2.26. The zero-order valence-corrected chi connectivity index (χ0v) is 12.0. The summed E-state index contributed by atoms with van der Waals surface area (Å²) >= 11 is 6.13. The lowest BCUT2D eigenvalue weighted by molar-refractivity contribution is 0.245. The fourth-order valence-corrected chi connectivity index (χ4v) is 5.94. The standard InChI is InChI=1S/C13H23ClO2S/c14-9-13(11-5-3-1-2-4-6-11)12-7-8-17(15,16)10-12/h11-13H,1-10H2. The second-order valence-corrected chi connectivity index (χ2v) is 8.27. The molecule has 0 aromatic rings. The summed E-state index contributed by atoms with van der Waals surface area (Å²) < 4.78 is 23.1. The van der Waals surface area contributed by atoms with Crippen LogP contribution in [-0.4, -0.2) is 25.8 Å². The number of rotatable bonds is 3. The normalized spacial score (nSPS) is 32.2. The monoisotopic (exact) mass is 278 g/mol. The van der Waals surface area contributed by atoms with Gasteiger partial charge in [0.25, 0.3) is 0 Å².